The van der Waals surface area contributed by atoms with Crippen molar-refractivity contribution in [3.63, 3.8) is 0 Å². The highest BCUT2D eigenvalue weighted by Gasteiger charge is 2.46. The monoisotopic (exact) mass is 500 g/mol. The number of fused-ring (bicyclic) bond motifs is 2. The number of anilines is 2. The Morgan fingerprint density at radius 3 is 2.78 bits per heavy atom. The fourth-order valence-corrected chi connectivity index (χ4v) is 4.38. The van der Waals surface area contributed by atoms with Crippen LogP contribution in [0.4, 0.5) is 20.5 Å². The number of rotatable bonds is 6. The summed E-state index contributed by atoms with van der Waals surface area (Å²) in [5.74, 6) is -3.50. The van der Waals surface area contributed by atoms with Gasteiger partial charge in [0.05, 0.1) is 24.3 Å². The molecule has 0 unspecified atom stereocenters. The third kappa shape index (κ3) is 4.06. The lowest BCUT2D eigenvalue weighted by molar-refractivity contribution is -0.145. The molecule has 5 heterocycles. The van der Waals surface area contributed by atoms with Crippen molar-refractivity contribution in [1.29, 1.82) is 0 Å². The van der Waals surface area contributed by atoms with Gasteiger partial charge in [-0.3, -0.25) is 4.79 Å². The number of nitrogens with one attached hydrogen (secondary N) is 2. The Balaban J connectivity index is 1.47. The summed E-state index contributed by atoms with van der Waals surface area (Å²) >= 11 is 0. The van der Waals surface area contributed by atoms with E-state index in [2.05, 4.69) is 31.0 Å². The number of aromatic nitrogens is 7. The van der Waals surface area contributed by atoms with Gasteiger partial charge in [-0.05, 0) is 38.5 Å². The Morgan fingerprint density at radius 2 is 2.08 bits per heavy atom. The van der Waals surface area contributed by atoms with Gasteiger partial charge < -0.3 is 20.6 Å². The third-order valence-electron chi connectivity index (χ3n) is 6.22. The molecule has 12 nitrogen and oxygen atoms in total. The van der Waals surface area contributed by atoms with Gasteiger partial charge in [-0.25, -0.2) is 23.0 Å². The Bertz CT molecular complexity index is 1430. The second-order valence-corrected chi connectivity index (χ2v) is 8.94. The summed E-state index contributed by atoms with van der Waals surface area (Å²) in [6.07, 6.45) is 1.69. The lowest BCUT2D eigenvalue weighted by Crippen LogP contribution is -2.56. The molecule has 1 fully saturated rings. The minimum absolute atomic E-state index is 0.0195. The number of halogens is 2. The summed E-state index contributed by atoms with van der Waals surface area (Å²) in [4.78, 5) is 21.8. The van der Waals surface area contributed by atoms with Gasteiger partial charge in [0, 0.05) is 25.4 Å². The summed E-state index contributed by atoms with van der Waals surface area (Å²) in [7, 11) is 1.69. The van der Waals surface area contributed by atoms with E-state index in [1.807, 2.05) is 32.0 Å². The molecule has 190 valence electrons. The van der Waals surface area contributed by atoms with Crippen molar-refractivity contribution < 1.29 is 18.7 Å². The molecule has 36 heavy (non-hydrogen) atoms. The van der Waals surface area contributed by atoms with Crippen LogP contribution in [0.1, 0.15) is 26.3 Å². The third-order valence-corrected chi connectivity index (χ3v) is 6.22. The molecule has 1 aliphatic rings. The number of alkyl halides is 2. The molecule has 0 aliphatic carbocycles. The van der Waals surface area contributed by atoms with E-state index in [4.69, 9.17) is 10.1 Å². The fraction of sp³-hybridized carbons (Fsp3) is 0.455. The fourth-order valence-electron chi connectivity index (χ4n) is 4.38. The number of piperidine rings is 1. The molecule has 1 aliphatic heterocycles. The zero-order chi connectivity index (χ0) is 25.6. The number of hydrogen-bond donors (Lipinski definition) is 3. The zero-order valence-electron chi connectivity index (χ0n) is 20.0. The van der Waals surface area contributed by atoms with Gasteiger partial charge in [0.1, 0.15) is 17.6 Å². The predicted octanol–water partition coefficient (Wildman–Crippen LogP) is 1.80. The maximum atomic E-state index is 14.8. The van der Waals surface area contributed by atoms with Crippen LogP contribution in [0.15, 0.2) is 24.4 Å². The number of hydrogen-bond acceptors (Lipinski definition) is 9. The van der Waals surface area contributed by atoms with Crippen LogP contribution in [0.5, 0.6) is 0 Å². The van der Waals surface area contributed by atoms with Gasteiger partial charge in [-0.2, -0.15) is 4.98 Å². The van der Waals surface area contributed by atoms with Crippen molar-refractivity contribution in [3.05, 3.63) is 24.4 Å². The van der Waals surface area contributed by atoms with Crippen LogP contribution in [-0.2, 0) is 4.79 Å². The van der Waals surface area contributed by atoms with E-state index < -0.39 is 31.0 Å². The quantitative estimate of drug-likeness (QED) is 0.362. The molecule has 4 aromatic heterocycles. The first-order valence-corrected chi connectivity index (χ1v) is 11.5. The number of aliphatic hydroxyl groups is 1. The highest BCUT2D eigenvalue weighted by Crippen LogP contribution is 2.32. The Kier molecular flexibility index (Phi) is 5.90. The normalized spacial score (nSPS) is 17.8. The van der Waals surface area contributed by atoms with Crippen molar-refractivity contribution in [3.8, 4) is 11.3 Å². The second kappa shape index (κ2) is 8.93. The van der Waals surface area contributed by atoms with Crippen LogP contribution in [0, 0.1) is 0 Å². The first-order chi connectivity index (χ1) is 17.2. The van der Waals surface area contributed by atoms with Crippen molar-refractivity contribution in [2.75, 3.05) is 37.4 Å². The molecule has 1 amide bonds. The number of carbonyl (C=O) groups excluding carboxylic acids is 1. The first-order valence-electron chi connectivity index (χ1n) is 11.5. The van der Waals surface area contributed by atoms with Gasteiger partial charge in [-0.1, -0.05) is 5.21 Å². The average molecular weight is 501 g/mol. The number of pyridine rings is 1. The molecule has 0 aromatic carbocycles. The SMILES string of the molecule is CNc1nc(N[C@@H]2CCN(C(=O)CO)CC2(F)F)nn2ccc(-c3ccc4nnn(C(C)C)c4n3)c12. The number of carbonyl (C=O) groups is 1. The van der Waals surface area contributed by atoms with Crippen molar-refractivity contribution in [1.82, 2.24) is 39.5 Å². The van der Waals surface area contributed by atoms with Gasteiger partial charge in [0.2, 0.25) is 11.9 Å². The van der Waals surface area contributed by atoms with E-state index in [1.165, 1.54) is 0 Å². The van der Waals surface area contributed by atoms with Crippen LogP contribution in [-0.4, -0.2) is 89.2 Å². The smallest absolute Gasteiger partial charge is 0.285 e. The van der Waals surface area contributed by atoms with E-state index in [1.54, 1.807) is 22.4 Å². The van der Waals surface area contributed by atoms with Crippen LogP contribution in [0.3, 0.4) is 0 Å². The second-order valence-electron chi connectivity index (χ2n) is 8.94. The molecule has 0 radical (unpaired) electrons. The summed E-state index contributed by atoms with van der Waals surface area (Å²) in [6, 6.07) is 4.33. The van der Waals surface area contributed by atoms with Crippen molar-refractivity contribution >= 4 is 34.4 Å². The first kappa shape index (κ1) is 23.8. The standard InChI is InChI=1S/C22H26F2N10O2/c1-12(2)34-20-15(29-31-34)5-4-14(26-20)13-6-9-33-18(13)19(25-3)28-21(30-33)27-16-7-8-32(17(36)10-35)11-22(16,23)24/h4-6,9,12,16,35H,7-8,10-11H2,1-3H3,(H2,25,27,28,30)/t16-/m1/s1. The minimum atomic E-state index is -3.23. The molecular formula is C22H26F2N10O2. The van der Waals surface area contributed by atoms with Gasteiger partial charge in [0.25, 0.3) is 5.92 Å². The van der Waals surface area contributed by atoms with Crippen LogP contribution < -0.4 is 10.6 Å². The summed E-state index contributed by atoms with van der Waals surface area (Å²) < 4.78 is 32.9. The van der Waals surface area contributed by atoms with E-state index in [-0.39, 0.29) is 25.0 Å². The Hall–Kier alpha value is -3.94. The molecular weight excluding hydrogens is 474 g/mol. The zero-order valence-corrected chi connectivity index (χ0v) is 20.0. The predicted molar refractivity (Wildman–Crippen MR) is 128 cm³/mol. The van der Waals surface area contributed by atoms with E-state index in [9.17, 15) is 13.6 Å². The van der Waals surface area contributed by atoms with E-state index in [0.717, 1.165) is 10.5 Å². The van der Waals surface area contributed by atoms with Crippen LogP contribution in [0.25, 0.3) is 27.9 Å². The Labute approximate surface area is 204 Å². The lowest BCUT2D eigenvalue weighted by Gasteiger charge is -2.38. The van der Waals surface area contributed by atoms with Crippen molar-refractivity contribution in [2.45, 2.75) is 38.3 Å². The number of amides is 1. The highest BCUT2D eigenvalue weighted by atomic mass is 19.3. The van der Waals surface area contributed by atoms with Crippen LogP contribution >= 0.6 is 0 Å². The number of aliphatic hydroxyl groups excluding tert-OH is 1. The average Bonchev–Trinajstić information content (AvgIpc) is 3.48. The van der Waals surface area contributed by atoms with E-state index in [0.29, 0.717) is 28.2 Å². The lowest BCUT2D eigenvalue weighted by atomic mass is 10.0. The molecule has 1 saturated heterocycles. The number of nitrogens with zero attached hydrogens (tertiary/aromatic N) is 8. The number of likely N-dealkylation sites (tertiary alicyclic amines) is 1. The maximum absolute atomic E-state index is 14.8. The summed E-state index contributed by atoms with van der Waals surface area (Å²) in [5.41, 5.74) is 3.39. The maximum Gasteiger partial charge on any atom is 0.285 e. The largest absolute Gasteiger partial charge is 0.387 e. The molecule has 1 atom stereocenters. The van der Waals surface area contributed by atoms with E-state index >= 15 is 0 Å². The van der Waals surface area contributed by atoms with Gasteiger partial charge >= 0.3 is 0 Å². The summed E-state index contributed by atoms with van der Waals surface area (Å²) in [6.45, 7) is 2.50. The van der Waals surface area contributed by atoms with Gasteiger partial charge in [-0.15, -0.1) is 10.2 Å². The molecule has 14 heteroatoms. The van der Waals surface area contributed by atoms with Crippen LogP contribution in [0.2, 0.25) is 0 Å². The highest BCUT2D eigenvalue weighted by molar-refractivity contribution is 5.89. The van der Waals surface area contributed by atoms with Crippen molar-refractivity contribution in [2.24, 2.45) is 0 Å². The molecule has 0 bridgehead atoms. The minimum Gasteiger partial charge on any atom is -0.387 e. The molecule has 0 spiro atoms. The topological polar surface area (TPSA) is 138 Å². The van der Waals surface area contributed by atoms with Gasteiger partial charge in [0.15, 0.2) is 11.5 Å². The molecule has 0 saturated carbocycles. The molecule has 4 aromatic rings. The Morgan fingerprint density at radius 1 is 1.28 bits per heavy atom. The summed E-state index contributed by atoms with van der Waals surface area (Å²) in [5, 5.41) is 27.5. The molecule has 3 N–H and O–H groups in total. The molecule has 5 rings (SSSR count).